The van der Waals surface area contributed by atoms with Crippen molar-refractivity contribution < 1.29 is 0 Å². The molecule has 0 aliphatic heterocycles. The van der Waals surface area contributed by atoms with Crippen LogP contribution in [0.2, 0.25) is 5.02 Å². The molecule has 0 saturated heterocycles. The minimum Gasteiger partial charge on any atom is -0.304 e. The van der Waals surface area contributed by atoms with Gasteiger partial charge in [-0.2, -0.15) is 0 Å². The van der Waals surface area contributed by atoms with E-state index >= 15 is 0 Å². The Kier molecular flexibility index (Phi) is 5.03. The Balaban J connectivity index is 2.06. The number of hydrogen-bond donors (Lipinski definition) is 1. The van der Waals surface area contributed by atoms with E-state index in [1.807, 2.05) is 18.2 Å². The number of rotatable bonds is 4. The number of nitrogens with one attached hydrogen (secondary N) is 1. The van der Waals surface area contributed by atoms with E-state index in [4.69, 9.17) is 11.6 Å². The molecule has 0 aromatic heterocycles. The van der Waals surface area contributed by atoms with Crippen molar-refractivity contribution in [2.45, 2.75) is 25.9 Å². The Morgan fingerprint density at radius 3 is 2.21 bits per heavy atom. The molecule has 0 bridgehead atoms. The van der Waals surface area contributed by atoms with Crippen LogP contribution >= 0.6 is 27.5 Å². The van der Waals surface area contributed by atoms with E-state index in [1.165, 1.54) is 11.1 Å². The summed E-state index contributed by atoms with van der Waals surface area (Å²) < 4.78 is 1.11. The summed E-state index contributed by atoms with van der Waals surface area (Å²) in [5.74, 6) is 0. The van der Waals surface area contributed by atoms with Crippen LogP contribution in [0.25, 0.3) is 0 Å². The summed E-state index contributed by atoms with van der Waals surface area (Å²) in [7, 11) is 0. The normalized spacial score (nSPS) is 14.1. The Hall–Kier alpha value is -0.830. The average molecular weight is 339 g/mol. The molecule has 0 aliphatic carbocycles. The van der Waals surface area contributed by atoms with Crippen LogP contribution in [-0.4, -0.2) is 0 Å². The summed E-state index contributed by atoms with van der Waals surface area (Å²) >= 11 is 9.42. The van der Waals surface area contributed by atoms with Crippen molar-refractivity contribution >= 4 is 27.5 Å². The van der Waals surface area contributed by atoms with Crippen molar-refractivity contribution in [2.24, 2.45) is 0 Å². The maximum atomic E-state index is 5.91. The van der Waals surface area contributed by atoms with Crippen LogP contribution in [0.4, 0.5) is 0 Å². The predicted molar refractivity (Wildman–Crippen MR) is 85.6 cm³/mol. The van der Waals surface area contributed by atoms with E-state index in [-0.39, 0.29) is 6.04 Å². The summed E-state index contributed by atoms with van der Waals surface area (Å²) in [5.41, 5.74) is 2.52. The lowest BCUT2D eigenvalue weighted by Crippen LogP contribution is -2.22. The second-order valence-corrected chi connectivity index (χ2v) is 6.07. The first-order chi connectivity index (χ1) is 9.06. The van der Waals surface area contributed by atoms with Gasteiger partial charge in [-0.05, 0) is 49.2 Å². The molecule has 2 aromatic carbocycles. The van der Waals surface area contributed by atoms with Crippen LogP contribution in [0.3, 0.4) is 0 Å². The average Bonchev–Trinajstić information content (AvgIpc) is 2.39. The summed E-state index contributed by atoms with van der Waals surface area (Å²) in [6, 6.07) is 16.9. The maximum Gasteiger partial charge on any atom is 0.0406 e. The third-order valence-corrected chi connectivity index (χ3v) is 3.96. The topological polar surface area (TPSA) is 12.0 Å². The fourth-order valence-corrected chi connectivity index (χ4v) is 2.64. The molecule has 2 aromatic rings. The molecule has 19 heavy (non-hydrogen) atoms. The van der Waals surface area contributed by atoms with Gasteiger partial charge in [-0.25, -0.2) is 0 Å². The lowest BCUT2D eigenvalue weighted by Gasteiger charge is -2.21. The first-order valence-electron chi connectivity index (χ1n) is 6.33. The van der Waals surface area contributed by atoms with E-state index in [1.54, 1.807) is 0 Å². The molecule has 0 spiro atoms. The van der Waals surface area contributed by atoms with Gasteiger partial charge in [0.15, 0.2) is 0 Å². The lowest BCUT2D eigenvalue weighted by molar-refractivity contribution is 0.494. The van der Waals surface area contributed by atoms with Crippen molar-refractivity contribution in [3.8, 4) is 0 Å². The van der Waals surface area contributed by atoms with Gasteiger partial charge in [0.25, 0.3) is 0 Å². The first-order valence-corrected chi connectivity index (χ1v) is 7.50. The van der Waals surface area contributed by atoms with E-state index in [0.717, 1.165) is 9.50 Å². The maximum absolute atomic E-state index is 5.91. The van der Waals surface area contributed by atoms with Gasteiger partial charge in [0.1, 0.15) is 0 Å². The van der Waals surface area contributed by atoms with E-state index in [2.05, 4.69) is 65.4 Å². The molecule has 1 unspecified atom stereocenters. The predicted octanol–water partition coefficient (Wildman–Crippen LogP) is 5.51. The van der Waals surface area contributed by atoms with Crippen LogP contribution < -0.4 is 5.32 Å². The molecule has 0 heterocycles. The third-order valence-electron chi connectivity index (χ3n) is 3.22. The summed E-state index contributed by atoms with van der Waals surface area (Å²) in [4.78, 5) is 0. The van der Waals surface area contributed by atoms with E-state index < -0.39 is 0 Å². The number of benzene rings is 2. The van der Waals surface area contributed by atoms with Gasteiger partial charge in [-0.3, -0.25) is 0 Å². The van der Waals surface area contributed by atoms with Gasteiger partial charge in [-0.1, -0.05) is 51.8 Å². The molecule has 0 aliphatic rings. The van der Waals surface area contributed by atoms with Crippen molar-refractivity contribution in [1.29, 1.82) is 0 Å². The molecular formula is C16H17BrClN. The molecule has 2 atom stereocenters. The van der Waals surface area contributed by atoms with Crippen molar-refractivity contribution in [3.63, 3.8) is 0 Å². The fourth-order valence-electron chi connectivity index (χ4n) is 2.09. The molecule has 3 heteroatoms. The van der Waals surface area contributed by atoms with Crippen molar-refractivity contribution in [2.75, 3.05) is 0 Å². The highest BCUT2D eigenvalue weighted by atomic mass is 79.9. The minimum absolute atomic E-state index is 0.284. The van der Waals surface area contributed by atoms with Gasteiger partial charge in [0.2, 0.25) is 0 Å². The Morgan fingerprint density at radius 1 is 0.947 bits per heavy atom. The third kappa shape index (κ3) is 4.07. The Bertz CT molecular complexity index is 539. The molecule has 100 valence electrons. The van der Waals surface area contributed by atoms with E-state index in [9.17, 15) is 0 Å². The van der Waals surface area contributed by atoms with Gasteiger partial charge in [0, 0.05) is 21.6 Å². The van der Waals surface area contributed by atoms with Crippen molar-refractivity contribution in [1.82, 2.24) is 5.32 Å². The number of halogens is 2. The van der Waals surface area contributed by atoms with Gasteiger partial charge >= 0.3 is 0 Å². The second kappa shape index (κ2) is 6.56. The Labute approximate surface area is 128 Å². The monoisotopic (exact) mass is 337 g/mol. The fraction of sp³-hybridized carbons (Fsp3) is 0.250. The zero-order chi connectivity index (χ0) is 13.8. The number of hydrogen-bond acceptors (Lipinski definition) is 1. The molecule has 0 amide bonds. The van der Waals surface area contributed by atoms with Crippen LogP contribution in [0, 0.1) is 0 Å². The quantitative estimate of drug-likeness (QED) is 0.774. The molecule has 0 radical (unpaired) electrons. The highest BCUT2D eigenvalue weighted by Crippen LogP contribution is 2.22. The van der Waals surface area contributed by atoms with Gasteiger partial charge in [0.05, 0.1) is 0 Å². The smallest absolute Gasteiger partial charge is 0.0406 e. The molecular weight excluding hydrogens is 322 g/mol. The Morgan fingerprint density at radius 2 is 1.58 bits per heavy atom. The minimum atomic E-state index is 0.284. The molecule has 0 saturated carbocycles. The first kappa shape index (κ1) is 14.6. The van der Waals surface area contributed by atoms with Gasteiger partial charge in [-0.15, -0.1) is 0 Å². The van der Waals surface area contributed by atoms with Gasteiger partial charge < -0.3 is 5.32 Å². The second-order valence-electron chi connectivity index (χ2n) is 4.72. The zero-order valence-corrected chi connectivity index (χ0v) is 13.4. The summed E-state index contributed by atoms with van der Waals surface area (Å²) in [5, 5.41) is 4.37. The van der Waals surface area contributed by atoms with Crippen LogP contribution in [-0.2, 0) is 0 Å². The summed E-state index contributed by atoms with van der Waals surface area (Å²) in [6.07, 6.45) is 0. The molecule has 2 rings (SSSR count). The van der Waals surface area contributed by atoms with Crippen LogP contribution in [0.1, 0.15) is 37.1 Å². The molecule has 1 nitrogen and oxygen atoms in total. The SMILES string of the molecule is CC(N[C@@H](C)c1cccc(Br)c1)c1ccc(Cl)cc1. The summed E-state index contributed by atoms with van der Waals surface area (Å²) in [6.45, 7) is 4.34. The van der Waals surface area contributed by atoms with E-state index in [0.29, 0.717) is 6.04 Å². The standard InChI is InChI=1S/C16H17BrClN/c1-11(13-6-8-16(18)9-7-13)19-12(2)14-4-3-5-15(17)10-14/h3-12,19H,1-2H3/t11?,12-/m0/s1. The largest absolute Gasteiger partial charge is 0.304 e. The van der Waals surface area contributed by atoms with Crippen molar-refractivity contribution in [3.05, 3.63) is 69.2 Å². The molecule has 0 fully saturated rings. The highest BCUT2D eigenvalue weighted by molar-refractivity contribution is 9.10. The highest BCUT2D eigenvalue weighted by Gasteiger charge is 2.11. The lowest BCUT2D eigenvalue weighted by atomic mass is 10.0. The van der Waals surface area contributed by atoms with Crippen LogP contribution in [0.15, 0.2) is 53.0 Å². The molecule has 1 N–H and O–H groups in total. The zero-order valence-electron chi connectivity index (χ0n) is 11.0. The van der Waals surface area contributed by atoms with Crippen LogP contribution in [0.5, 0.6) is 0 Å².